The average Bonchev–Trinajstić information content (AvgIpc) is 2.27. The van der Waals surface area contributed by atoms with E-state index in [2.05, 4.69) is 4.72 Å². The van der Waals surface area contributed by atoms with Gasteiger partial charge in [-0.3, -0.25) is 0 Å². The Hall–Kier alpha value is -1.16. The molecular weight excluding hydrogens is 290 g/mol. The molecule has 0 saturated heterocycles. The first-order valence-electron chi connectivity index (χ1n) is 5.49. The molecule has 0 aromatic heterocycles. The summed E-state index contributed by atoms with van der Waals surface area (Å²) in [6.45, 7) is 1.60. The molecule has 0 aliphatic rings. The summed E-state index contributed by atoms with van der Waals surface area (Å²) < 4.78 is 47.7. The first-order valence-corrected chi connectivity index (χ1v) is 8.68. The topological polar surface area (TPSA) is 132 Å². The fourth-order valence-corrected chi connectivity index (χ4v) is 3.37. The molecule has 0 spiro atoms. The predicted octanol–water partition coefficient (Wildman–Crippen LogP) is -0.466. The number of nitrogens with one attached hydrogen (secondary N) is 1. The van der Waals surface area contributed by atoms with Crippen molar-refractivity contribution in [2.45, 2.75) is 18.2 Å². The lowest BCUT2D eigenvalue weighted by molar-refractivity contribution is 0.576. The van der Waals surface area contributed by atoms with E-state index in [0.717, 1.165) is 0 Å². The Bertz CT molecular complexity index is 653. The maximum Gasteiger partial charge on any atom is 0.240 e. The molecular formula is C10H17N3O4S2. The van der Waals surface area contributed by atoms with Crippen LogP contribution in [0.5, 0.6) is 0 Å². The SMILES string of the molecule is Cc1c(N)cccc1S(=O)(=O)NCCCS(N)(=O)=O. The zero-order valence-corrected chi connectivity index (χ0v) is 12.1. The minimum Gasteiger partial charge on any atom is -0.398 e. The van der Waals surface area contributed by atoms with E-state index in [4.69, 9.17) is 10.9 Å². The van der Waals surface area contributed by atoms with Gasteiger partial charge >= 0.3 is 0 Å². The van der Waals surface area contributed by atoms with Crippen LogP contribution in [0.4, 0.5) is 5.69 Å². The monoisotopic (exact) mass is 307 g/mol. The van der Waals surface area contributed by atoms with Crippen molar-refractivity contribution in [3.8, 4) is 0 Å². The molecule has 1 aromatic rings. The quantitative estimate of drug-likeness (QED) is 0.483. The molecule has 0 radical (unpaired) electrons. The van der Waals surface area contributed by atoms with Gasteiger partial charge in [0, 0.05) is 12.2 Å². The molecule has 0 aliphatic carbocycles. The Balaban J connectivity index is 2.74. The highest BCUT2D eigenvalue weighted by Crippen LogP contribution is 2.19. The second-order valence-corrected chi connectivity index (χ2v) is 7.56. The van der Waals surface area contributed by atoms with Crippen molar-refractivity contribution in [1.29, 1.82) is 0 Å². The zero-order chi connectivity index (χ0) is 14.7. The van der Waals surface area contributed by atoms with Crippen LogP contribution in [0.1, 0.15) is 12.0 Å². The molecule has 0 amide bonds. The third kappa shape index (κ3) is 4.78. The molecule has 108 valence electrons. The molecule has 1 rings (SSSR count). The van der Waals surface area contributed by atoms with E-state index in [1.54, 1.807) is 19.1 Å². The average molecular weight is 307 g/mol. The van der Waals surface area contributed by atoms with Gasteiger partial charge in [-0.1, -0.05) is 6.07 Å². The van der Waals surface area contributed by atoms with Gasteiger partial charge in [0.15, 0.2) is 0 Å². The molecule has 0 saturated carbocycles. The van der Waals surface area contributed by atoms with Crippen molar-refractivity contribution in [3.05, 3.63) is 23.8 Å². The number of sulfonamides is 2. The van der Waals surface area contributed by atoms with Crippen LogP contribution in [-0.4, -0.2) is 29.1 Å². The highest BCUT2D eigenvalue weighted by atomic mass is 32.2. The number of hydrogen-bond donors (Lipinski definition) is 3. The van der Waals surface area contributed by atoms with Gasteiger partial charge in [-0.05, 0) is 31.0 Å². The fraction of sp³-hybridized carbons (Fsp3) is 0.400. The van der Waals surface area contributed by atoms with Crippen molar-refractivity contribution in [3.63, 3.8) is 0 Å². The number of nitrogen functional groups attached to an aromatic ring is 1. The van der Waals surface area contributed by atoms with Crippen LogP contribution in [0.25, 0.3) is 0 Å². The van der Waals surface area contributed by atoms with Crippen LogP contribution in [0.3, 0.4) is 0 Å². The molecule has 0 heterocycles. The number of primary sulfonamides is 1. The third-order valence-corrected chi connectivity index (χ3v) is 4.98. The van der Waals surface area contributed by atoms with E-state index in [1.807, 2.05) is 0 Å². The lowest BCUT2D eigenvalue weighted by atomic mass is 10.2. The van der Waals surface area contributed by atoms with Gasteiger partial charge in [0.2, 0.25) is 20.0 Å². The van der Waals surface area contributed by atoms with E-state index in [1.165, 1.54) is 6.07 Å². The van der Waals surface area contributed by atoms with Gasteiger partial charge < -0.3 is 5.73 Å². The Morgan fingerprint density at radius 1 is 1.21 bits per heavy atom. The number of rotatable bonds is 6. The van der Waals surface area contributed by atoms with Crippen LogP contribution >= 0.6 is 0 Å². The molecule has 19 heavy (non-hydrogen) atoms. The van der Waals surface area contributed by atoms with Crippen LogP contribution in [0.2, 0.25) is 0 Å². The first-order chi connectivity index (χ1) is 8.63. The van der Waals surface area contributed by atoms with Gasteiger partial charge in [0.05, 0.1) is 10.6 Å². The smallest absolute Gasteiger partial charge is 0.240 e. The Labute approximate surface area is 113 Å². The maximum atomic E-state index is 12.0. The zero-order valence-electron chi connectivity index (χ0n) is 10.5. The molecule has 9 heteroatoms. The van der Waals surface area contributed by atoms with E-state index < -0.39 is 20.0 Å². The Kier molecular flexibility index (Phi) is 4.91. The minimum absolute atomic E-state index is 0.00694. The molecule has 0 bridgehead atoms. The summed E-state index contributed by atoms with van der Waals surface area (Å²) in [7, 11) is -7.27. The fourth-order valence-electron chi connectivity index (χ4n) is 1.48. The molecule has 0 fully saturated rings. The van der Waals surface area contributed by atoms with E-state index in [-0.39, 0.29) is 23.6 Å². The summed E-state index contributed by atoms with van der Waals surface area (Å²) in [5.74, 6) is -0.272. The third-order valence-electron chi connectivity index (χ3n) is 2.51. The van der Waals surface area contributed by atoms with Crippen molar-refractivity contribution in [2.24, 2.45) is 5.14 Å². The van der Waals surface area contributed by atoms with Gasteiger partial charge in [0.1, 0.15) is 0 Å². The molecule has 5 N–H and O–H groups in total. The Morgan fingerprint density at radius 3 is 2.42 bits per heavy atom. The maximum absolute atomic E-state index is 12.0. The number of anilines is 1. The van der Waals surface area contributed by atoms with Crippen LogP contribution in [0, 0.1) is 6.92 Å². The van der Waals surface area contributed by atoms with Crippen LogP contribution < -0.4 is 15.6 Å². The lowest BCUT2D eigenvalue weighted by Gasteiger charge is -2.10. The number of hydrogen-bond acceptors (Lipinski definition) is 5. The van der Waals surface area contributed by atoms with Crippen molar-refractivity contribution in [2.75, 3.05) is 18.0 Å². The summed E-state index contributed by atoms with van der Waals surface area (Å²) in [6, 6.07) is 4.59. The van der Waals surface area contributed by atoms with E-state index >= 15 is 0 Å². The van der Waals surface area contributed by atoms with Crippen LogP contribution in [0.15, 0.2) is 23.1 Å². The minimum atomic E-state index is -3.70. The highest BCUT2D eigenvalue weighted by molar-refractivity contribution is 7.89. The summed E-state index contributed by atoms with van der Waals surface area (Å²) in [6.07, 6.45) is 0.111. The number of benzene rings is 1. The van der Waals surface area contributed by atoms with Crippen molar-refractivity contribution < 1.29 is 16.8 Å². The summed E-state index contributed by atoms with van der Waals surface area (Å²) in [4.78, 5) is 0.0862. The van der Waals surface area contributed by atoms with Gasteiger partial charge in [0.25, 0.3) is 0 Å². The normalized spacial score (nSPS) is 12.5. The van der Waals surface area contributed by atoms with Gasteiger partial charge in [-0.25, -0.2) is 26.7 Å². The second-order valence-electron chi connectivity index (χ2n) is 4.09. The van der Waals surface area contributed by atoms with E-state index in [0.29, 0.717) is 11.3 Å². The summed E-state index contributed by atoms with van der Waals surface area (Å²) in [5.41, 5.74) is 6.48. The van der Waals surface area contributed by atoms with Gasteiger partial charge in [-0.2, -0.15) is 0 Å². The van der Waals surface area contributed by atoms with Crippen molar-refractivity contribution >= 4 is 25.7 Å². The molecule has 1 aromatic carbocycles. The molecule has 7 nitrogen and oxygen atoms in total. The first kappa shape index (κ1) is 15.9. The lowest BCUT2D eigenvalue weighted by Crippen LogP contribution is -2.28. The van der Waals surface area contributed by atoms with E-state index in [9.17, 15) is 16.8 Å². The Morgan fingerprint density at radius 2 is 1.84 bits per heavy atom. The summed E-state index contributed by atoms with van der Waals surface area (Å²) >= 11 is 0. The molecule has 0 atom stereocenters. The molecule has 0 unspecified atom stereocenters. The second kappa shape index (κ2) is 5.87. The largest absolute Gasteiger partial charge is 0.398 e. The van der Waals surface area contributed by atoms with Crippen LogP contribution in [-0.2, 0) is 20.0 Å². The standard InChI is InChI=1S/C10H17N3O4S2/c1-8-9(11)4-2-5-10(8)19(16,17)13-6-3-7-18(12,14)15/h2,4-5,13H,3,6-7,11H2,1H3,(H2,12,14,15). The van der Waals surface area contributed by atoms with Gasteiger partial charge in [-0.15, -0.1) is 0 Å². The molecule has 0 aliphatic heterocycles. The summed E-state index contributed by atoms with van der Waals surface area (Å²) in [5, 5.41) is 4.82. The van der Waals surface area contributed by atoms with Crippen molar-refractivity contribution in [1.82, 2.24) is 4.72 Å². The number of nitrogens with two attached hydrogens (primary N) is 2. The highest BCUT2D eigenvalue weighted by Gasteiger charge is 2.17. The predicted molar refractivity (Wildman–Crippen MR) is 73.4 cm³/mol.